The molecule has 132 valence electrons. The summed E-state index contributed by atoms with van der Waals surface area (Å²) >= 11 is 0. The van der Waals surface area contributed by atoms with Gasteiger partial charge in [-0.15, -0.1) is 0 Å². The highest BCUT2D eigenvalue weighted by molar-refractivity contribution is 5.94. The van der Waals surface area contributed by atoms with Gasteiger partial charge in [-0.3, -0.25) is 4.79 Å². The molecule has 1 N–H and O–H groups in total. The summed E-state index contributed by atoms with van der Waals surface area (Å²) in [6.07, 6.45) is 2.05. The molecule has 0 radical (unpaired) electrons. The SMILES string of the molecule is CNC1CCCN(C(=O)c2ccc(Oc3ccc(F)c(F)c3)cc2)C1. The van der Waals surface area contributed by atoms with Gasteiger partial charge in [-0.05, 0) is 56.3 Å². The first-order valence-electron chi connectivity index (χ1n) is 8.26. The number of hydrogen-bond donors (Lipinski definition) is 1. The lowest BCUT2D eigenvalue weighted by atomic mass is 10.0. The van der Waals surface area contributed by atoms with Crippen molar-refractivity contribution in [1.29, 1.82) is 0 Å². The molecule has 0 aliphatic carbocycles. The second kappa shape index (κ2) is 7.61. The lowest BCUT2D eigenvalue weighted by molar-refractivity contribution is 0.0698. The minimum Gasteiger partial charge on any atom is -0.457 e. The zero-order valence-electron chi connectivity index (χ0n) is 14.0. The molecule has 0 aromatic heterocycles. The molecule has 1 aliphatic rings. The van der Waals surface area contributed by atoms with Crippen LogP contribution in [0.5, 0.6) is 11.5 Å². The van der Waals surface area contributed by atoms with Crippen molar-refractivity contribution in [1.82, 2.24) is 10.2 Å². The highest BCUT2D eigenvalue weighted by atomic mass is 19.2. The topological polar surface area (TPSA) is 41.6 Å². The molecule has 1 atom stereocenters. The Hall–Kier alpha value is -2.47. The summed E-state index contributed by atoms with van der Waals surface area (Å²) in [4.78, 5) is 14.4. The number of piperidine rings is 1. The molecule has 25 heavy (non-hydrogen) atoms. The number of nitrogens with one attached hydrogen (secondary N) is 1. The van der Waals surface area contributed by atoms with Gasteiger partial charge in [0.05, 0.1) is 0 Å². The zero-order chi connectivity index (χ0) is 17.8. The number of ether oxygens (including phenoxy) is 1. The van der Waals surface area contributed by atoms with Gasteiger partial charge >= 0.3 is 0 Å². The van der Waals surface area contributed by atoms with Crippen molar-refractivity contribution in [2.75, 3.05) is 20.1 Å². The van der Waals surface area contributed by atoms with E-state index in [2.05, 4.69) is 5.32 Å². The summed E-state index contributed by atoms with van der Waals surface area (Å²) in [7, 11) is 1.91. The molecule has 1 fully saturated rings. The van der Waals surface area contributed by atoms with E-state index in [4.69, 9.17) is 4.74 Å². The van der Waals surface area contributed by atoms with E-state index in [9.17, 15) is 13.6 Å². The molecule has 0 saturated carbocycles. The Bertz CT molecular complexity index is 750. The Labute approximate surface area is 145 Å². The maximum Gasteiger partial charge on any atom is 0.253 e. The van der Waals surface area contributed by atoms with Gasteiger partial charge in [-0.2, -0.15) is 0 Å². The summed E-state index contributed by atoms with van der Waals surface area (Å²) in [5, 5.41) is 3.21. The Balaban J connectivity index is 1.67. The van der Waals surface area contributed by atoms with Crippen LogP contribution in [0.25, 0.3) is 0 Å². The maximum absolute atomic E-state index is 13.2. The second-order valence-electron chi connectivity index (χ2n) is 6.08. The number of hydrogen-bond acceptors (Lipinski definition) is 3. The third-order valence-electron chi connectivity index (χ3n) is 4.34. The number of likely N-dealkylation sites (N-methyl/N-ethyl adjacent to an activating group) is 1. The molecular weight excluding hydrogens is 326 g/mol. The molecule has 1 aliphatic heterocycles. The number of amides is 1. The van der Waals surface area contributed by atoms with E-state index < -0.39 is 11.6 Å². The first kappa shape index (κ1) is 17.4. The van der Waals surface area contributed by atoms with Crippen molar-refractivity contribution < 1.29 is 18.3 Å². The van der Waals surface area contributed by atoms with Crippen LogP contribution in [0.1, 0.15) is 23.2 Å². The molecule has 1 heterocycles. The average Bonchev–Trinajstić information content (AvgIpc) is 2.65. The molecule has 1 saturated heterocycles. The van der Waals surface area contributed by atoms with Gasteiger partial charge in [0.15, 0.2) is 11.6 Å². The van der Waals surface area contributed by atoms with Crippen LogP contribution in [-0.2, 0) is 0 Å². The van der Waals surface area contributed by atoms with Gasteiger partial charge in [-0.25, -0.2) is 8.78 Å². The van der Waals surface area contributed by atoms with E-state index in [1.807, 2.05) is 11.9 Å². The van der Waals surface area contributed by atoms with Crippen LogP contribution in [-0.4, -0.2) is 37.0 Å². The predicted molar refractivity (Wildman–Crippen MR) is 90.9 cm³/mol. The van der Waals surface area contributed by atoms with Gasteiger partial charge in [0.2, 0.25) is 0 Å². The van der Waals surface area contributed by atoms with Gasteiger partial charge in [0, 0.05) is 30.8 Å². The van der Waals surface area contributed by atoms with Crippen molar-refractivity contribution in [3.8, 4) is 11.5 Å². The third-order valence-corrected chi connectivity index (χ3v) is 4.34. The van der Waals surface area contributed by atoms with E-state index in [-0.39, 0.29) is 11.7 Å². The fourth-order valence-electron chi connectivity index (χ4n) is 2.92. The van der Waals surface area contributed by atoms with E-state index in [0.29, 0.717) is 23.9 Å². The predicted octanol–water partition coefficient (Wildman–Crippen LogP) is 3.58. The molecule has 4 nitrogen and oxygen atoms in total. The summed E-state index contributed by atoms with van der Waals surface area (Å²) in [5.41, 5.74) is 0.578. The highest BCUT2D eigenvalue weighted by Crippen LogP contribution is 2.24. The first-order valence-corrected chi connectivity index (χ1v) is 8.26. The van der Waals surface area contributed by atoms with E-state index >= 15 is 0 Å². The molecule has 1 amide bonds. The van der Waals surface area contributed by atoms with Crippen molar-refractivity contribution in [2.45, 2.75) is 18.9 Å². The van der Waals surface area contributed by atoms with Crippen LogP contribution >= 0.6 is 0 Å². The highest BCUT2D eigenvalue weighted by Gasteiger charge is 2.23. The quantitative estimate of drug-likeness (QED) is 0.920. The lowest BCUT2D eigenvalue weighted by Gasteiger charge is -2.32. The number of carbonyl (C=O) groups is 1. The number of halogens is 2. The second-order valence-corrected chi connectivity index (χ2v) is 6.08. The molecule has 1 unspecified atom stereocenters. The van der Waals surface area contributed by atoms with E-state index in [1.165, 1.54) is 6.07 Å². The van der Waals surface area contributed by atoms with Crippen molar-refractivity contribution >= 4 is 5.91 Å². The Morgan fingerprint density at radius 3 is 2.52 bits per heavy atom. The maximum atomic E-state index is 13.2. The Kier molecular flexibility index (Phi) is 5.28. The molecule has 2 aromatic carbocycles. The minimum atomic E-state index is -0.964. The molecule has 6 heteroatoms. The van der Waals surface area contributed by atoms with Crippen LogP contribution < -0.4 is 10.1 Å². The first-order chi connectivity index (χ1) is 12.1. The van der Waals surface area contributed by atoms with Crippen LogP contribution in [0.2, 0.25) is 0 Å². The molecule has 3 rings (SSSR count). The van der Waals surface area contributed by atoms with Crippen LogP contribution in [0.4, 0.5) is 8.78 Å². The summed E-state index contributed by atoms with van der Waals surface area (Å²) in [5.74, 6) is -1.25. The van der Waals surface area contributed by atoms with Crippen molar-refractivity contribution in [3.63, 3.8) is 0 Å². The van der Waals surface area contributed by atoms with Crippen LogP contribution in [0.15, 0.2) is 42.5 Å². The number of carbonyl (C=O) groups excluding carboxylic acids is 1. The summed E-state index contributed by atoms with van der Waals surface area (Å²) in [6.45, 7) is 1.45. The van der Waals surface area contributed by atoms with E-state index in [1.54, 1.807) is 24.3 Å². The Morgan fingerprint density at radius 2 is 1.84 bits per heavy atom. The van der Waals surface area contributed by atoms with Gasteiger partial charge in [0.25, 0.3) is 5.91 Å². The number of nitrogens with zero attached hydrogens (tertiary/aromatic N) is 1. The lowest BCUT2D eigenvalue weighted by Crippen LogP contribution is -2.46. The molecular formula is C19H20F2N2O2. The van der Waals surface area contributed by atoms with Crippen LogP contribution in [0.3, 0.4) is 0 Å². The van der Waals surface area contributed by atoms with Gasteiger partial charge in [-0.1, -0.05) is 0 Å². The molecule has 2 aromatic rings. The largest absolute Gasteiger partial charge is 0.457 e. The number of benzene rings is 2. The Morgan fingerprint density at radius 1 is 1.12 bits per heavy atom. The van der Waals surface area contributed by atoms with Crippen molar-refractivity contribution in [2.24, 2.45) is 0 Å². The smallest absolute Gasteiger partial charge is 0.253 e. The summed E-state index contributed by atoms with van der Waals surface area (Å²) < 4.78 is 31.6. The standard InChI is InChI=1S/C19H20F2N2O2/c1-22-14-3-2-10-23(12-14)19(24)13-4-6-15(7-5-13)25-16-8-9-17(20)18(21)11-16/h4-9,11,14,22H,2-3,10,12H2,1H3. The number of rotatable bonds is 4. The average molecular weight is 346 g/mol. The zero-order valence-corrected chi connectivity index (χ0v) is 14.0. The minimum absolute atomic E-state index is 0.0145. The van der Waals surface area contributed by atoms with Crippen LogP contribution in [0, 0.1) is 11.6 Å². The monoisotopic (exact) mass is 346 g/mol. The third kappa shape index (κ3) is 4.14. The molecule has 0 bridgehead atoms. The fraction of sp³-hybridized carbons (Fsp3) is 0.316. The van der Waals surface area contributed by atoms with Crippen molar-refractivity contribution in [3.05, 3.63) is 59.7 Å². The fourth-order valence-corrected chi connectivity index (χ4v) is 2.92. The number of likely N-dealkylation sites (tertiary alicyclic amines) is 1. The van der Waals surface area contributed by atoms with Gasteiger partial charge < -0.3 is 15.0 Å². The molecule has 0 spiro atoms. The summed E-state index contributed by atoms with van der Waals surface area (Å²) in [6, 6.07) is 10.3. The van der Waals surface area contributed by atoms with Gasteiger partial charge in [0.1, 0.15) is 11.5 Å². The normalized spacial score (nSPS) is 17.4. The van der Waals surface area contributed by atoms with E-state index in [0.717, 1.165) is 31.5 Å².